The van der Waals surface area contributed by atoms with Crippen molar-refractivity contribution in [1.82, 2.24) is 4.90 Å². The lowest BCUT2D eigenvalue weighted by molar-refractivity contribution is 0.259. The van der Waals surface area contributed by atoms with Crippen LogP contribution in [0.2, 0.25) is 0 Å². The summed E-state index contributed by atoms with van der Waals surface area (Å²) in [6, 6.07) is 6.03. The number of ether oxygens (including phenoxy) is 1. The summed E-state index contributed by atoms with van der Waals surface area (Å²) in [6.07, 6.45) is 0. The monoisotopic (exact) mass is 208 g/mol. The van der Waals surface area contributed by atoms with E-state index in [0.717, 1.165) is 17.9 Å². The molecule has 0 aliphatic carbocycles. The van der Waals surface area contributed by atoms with Gasteiger partial charge in [-0.1, -0.05) is 12.1 Å². The third-order valence-corrected chi connectivity index (χ3v) is 2.37. The van der Waals surface area contributed by atoms with Crippen molar-refractivity contribution in [2.75, 3.05) is 27.2 Å². The van der Waals surface area contributed by atoms with Gasteiger partial charge in [0.25, 0.3) is 0 Å². The first-order chi connectivity index (χ1) is 7.15. The lowest BCUT2D eigenvalue weighted by Gasteiger charge is -2.14. The first-order valence-corrected chi connectivity index (χ1v) is 5.21. The molecule has 84 valence electrons. The van der Waals surface area contributed by atoms with Crippen LogP contribution in [0.15, 0.2) is 18.2 Å². The van der Waals surface area contributed by atoms with Crippen LogP contribution in [0.25, 0.3) is 0 Å². The van der Waals surface area contributed by atoms with Crippen LogP contribution in [0.4, 0.5) is 0 Å². The summed E-state index contributed by atoms with van der Waals surface area (Å²) in [5.74, 6) is 0.916. The highest BCUT2D eigenvalue weighted by molar-refractivity contribution is 5.39. The average molecular weight is 208 g/mol. The number of nitrogens with zero attached hydrogens (tertiary/aromatic N) is 1. The number of likely N-dealkylation sites (N-methyl/N-ethyl adjacent to an activating group) is 1. The second-order valence-electron chi connectivity index (χ2n) is 3.91. The van der Waals surface area contributed by atoms with Gasteiger partial charge in [-0.05, 0) is 32.6 Å². The molecule has 3 heteroatoms. The van der Waals surface area contributed by atoms with Gasteiger partial charge in [0.15, 0.2) is 0 Å². The lowest BCUT2D eigenvalue weighted by Crippen LogP contribution is -2.20. The fraction of sp³-hybridized carbons (Fsp3) is 0.500. The maximum atomic E-state index is 5.70. The van der Waals surface area contributed by atoms with Crippen molar-refractivity contribution in [2.45, 2.75) is 13.5 Å². The van der Waals surface area contributed by atoms with E-state index < -0.39 is 0 Å². The molecule has 0 fully saturated rings. The number of hydrogen-bond acceptors (Lipinski definition) is 3. The molecule has 0 bridgehead atoms. The van der Waals surface area contributed by atoms with Crippen molar-refractivity contribution in [3.05, 3.63) is 29.3 Å². The Morgan fingerprint density at radius 1 is 1.33 bits per heavy atom. The molecule has 0 heterocycles. The van der Waals surface area contributed by atoms with Crippen molar-refractivity contribution in [3.8, 4) is 5.75 Å². The minimum absolute atomic E-state index is 0.532. The summed E-state index contributed by atoms with van der Waals surface area (Å²) >= 11 is 0. The SMILES string of the molecule is Cc1cccc(OCCN(C)C)c1CN. The third-order valence-electron chi connectivity index (χ3n) is 2.37. The Balaban J connectivity index is 2.64. The summed E-state index contributed by atoms with van der Waals surface area (Å²) in [7, 11) is 4.06. The van der Waals surface area contributed by atoms with Gasteiger partial charge in [-0.25, -0.2) is 0 Å². The Bertz CT molecular complexity index is 310. The van der Waals surface area contributed by atoms with E-state index in [-0.39, 0.29) is 0 Å². The van der Waals surface area contributed by atoms with Gasteiger partial charge in [-0.2, -0.15) is 0 Å². The van der Waals surface area contributed by atoms with Crippen LogP contribution in [-0.4, -0.2) is 32.1 Å². The van der Waals surface area contributed by atoms with Gasteiger partial charge in [-0.15, -0.1) is 0 Å². The number of aryl methyl sites for hydroxylation is 1. The summed E-state index contributed by atoms with van der Waals surface area (Å²) < 4.78 is 5.70. The zero-order chi connectivity index (χ0) is 11.3. The molecule has 0 radical (unpaired) electrons. The zero-order valence-electron chi connectivity index (χ0n) is 9.79. The van der Waals surface area contributed by atoms with Gasteiger partial charge in [0.2, 0.25) is 0 Å². The van der Waals surface area contributed by atoms with Crippen molar-refractivity contribution in [1.29, 1.82) is 0 Å². The van der Waals surface area contributed by atoms with E-state index in [9.17, 15) is 0 Å². The molecule has 3 nitrogen and oxygen atoms in total. The molecule has 1 aromatic carbocycles. The fourth-order valence-electron chi connectivity index (χ4n) is 1.41. The smallest absolute Gasteiger partial charge is 0.124 e. The van der Waals surface area contributed by atoms with Crippen LogP contribution in [0, 0.1) is 6.92 Å². The Kier molecular flexibility index (Phi) is 4.59. The Morgan fingerprint density at radius 3 is 2.67 bits per heavy atom. The van der Waals surface area contributed by atoms with Gasteiger partial charge in [-0.3, -0.25) is 0 Å². The Morgan fingerprint density at radius 2 is 2.07 bits per heavy atom. The molecular weight excluding hydrogens is 188 g/mol. The summed E-state index contributed by atoms with van der Waals surface area (Å²) in [6.45, 7) is 4.20. The van der Waals surface area contributed by atoms with E-state index >= 15 is 0 Å². The first kappa shape index (κ1) is 12.0. The van der Waals surface area contributed by atoms with Crippen LogP contribution >= 0.6 is 0 Å². The molecule has 0 spiro atoms. The minimum atomic E-state index is 0.532. The number of hydrogen-bond donors (Lipinski definition) is 1. The average Bonchev–Trinajstić information content (AvgIpc) is 2.17. The molecule has 1 aromatic rings. The van der Waals surface area contributed by atoms with Crippen molar-refractivity contribution in [3.63, 3.8) is 0 Å². The largest absolute Gasteiger partial charge is 0.492 e. The summed E-state index contributed by atoms with van der Waals surface area (Å²) in [5.41, 5.74) is 7.99. The lowest BCUT2D eigenvalue weighted by atomic mass is 10.1. The quantitative estimate of drug-likeness (QED) is 0.794. The predicted molar refractivity (Wildman–Crippen MR) is 63.1 cm³/mol. The van der Waals surface area contributed by atoms with Crippen molar-refractivity contribution >= 4 is 0 Å². The van der Waals surface area contributed by atoms with Gasteiger partial charge in [0, 0.05) is 18.7 Å². The third kappa shape index (κ3) is 3.53. The molecule has 0 aliphatic heterocycles. The van der Waals surface area contributed by atoms with E-state index in [1.54, 1.807) is 0 Å². The van der Waals surface area contributed by atoms with Gasteiger partial charge in [0.05, 0.1) is 0 Å². The molecule has 15 heavy (non-hydrogen) atoms. The molecule has 0 saturated heterocycles. The van der Waals surface area contributed by atoms with Gasteiger partial charge >= 0.3 is 0 Å². The molecule has 0 amide bonds. The predicted octanol–water partition coefficient (Wildman–Crippen LogP) is 1.39. The number of benzene rings is 1. The van der Waals surface area contributed by atoms with Crippen LogP contribution in [0.1, 0.15) is 11.1 Å². The van der Waals surface area contributed by atoms with Crippen LogP contribution in [0.3, 0.4) is 0 Å². The number of rotatable bonds is 5. The van der Waals surface area contributed by atoms with E-state index in [0.29, 0.717) is 13.2 Å². The number of nitrogens with two attached hydrogens (primary N) is 1. The van der Waals surface area contributed by atoms with E-state index in [1.807, 2.05) is 26.2 Å². The van der Waals surface area contributed by atoms with Crippen molar-refractivity contribution in [2.24, 2.45) is 5.73 Å². The normalized spacial score (nSPS) is 10.7. The second-order valence-corrected chi connectivity index (χ2v) is 3.91. The van der Waals surface area contributed by atoms with Crippen molar-refractivity contribution < 1.29 is 4.74 Å². The maximum absolute atomic E-state index is 5.70. The Hall–Kier alpha value is -1.06. The fourth-order valence-corrected chi connectivity index (χ4v) is 1.41. The molecule has 1 rings (SSSR count). The van der Waals surface area contributed by atoms with Gasteiger partial charge in [0.1, 0.15) is 12.4 Å². The van der Waals surface area contributed by atoms with E-state index in [2.05, 4.69) is 17.9 Å². The van der Waals surface area contributed by atoms with Crippen LogP contribution in [-0.2, 0) is 6.54 Å². The molecule has 0 saturated carbocycles. The highest BCUT2D eigenvalue weighted by Gasteiger charge is 2.04. The molecule has 0 aliphatic rings. The molecule has 2 N–H and O–H groups in total. The summed E-state index contributed by atoms with van der Waals surface area (Å²) in [4.78, 5) is 2.10. The molecule has 0 atom stereocenters. The van der Waals surface area contributed by atoms with Crippen LogP contribution < -0.4 is 10.5 Å². The highest BCUT2D eigenvalue weighted by atomic mass is 16.5. The van der Waals surface area contributed by atoms with E-state index in [4.69, 9.17) is 10.5 Å². The first-order valence-electron chi connectivity index (χ1n) is 5.21. The molecule has 0 unspecified atom stereocenters. The van der Waals surface area contributed by atoms with E-state index in [1.165, 1.54) is 5.56 Å². The topological polar surface area (TPSA) is 38.5 Å². The maximum Gasteiger partial charge on any atom is 0.124 e. The standard InChI is InChI=1S/C12H20N2O/c1-10-5-4-6-12(11(10)9-13)15-8-7-14(2)3/h4-6H,7-9,13H2,1-3H3. The minimum Gasteiger partial charge on any atom is -0.492 e. The highest BCUT2D eigenvalue weighted by Crippen LogP contribution is 2.21. The second kappa shape index (κ2) is 5.73. The van der Waals surface area contributed by atoms with Crippen LogP contribution in [0.5, 0.6) is 5.75 Å². The van der Waals surface area contributed by atoms with Gasteiger partial charge < -0.3 is 15.4 Å². The zero-order valence-corrected chi connectivity index (χ0v) is 9.79. The molecule has 0 aromatic heterocycles. The molecular formula is C12H20N2O. The Labute approximate surface area is 91.8 Å². The summed E-state index contributed by atoms with van der Waals surface area (Å²) in [5, 5.41) is 0.